The van der Waals surface area contributed by atoms with Gasteiger partial charge in [-0.2, -0.15) is 0 Å². The summed E-state index contributed by atoms with van der Waals surface area (Å²) in [5.74, 6) is -4.17. The van der Waals surface area contributed by atoms with Crippen LogP contribution in [0.25, 0.3) is 0 Å². The first-order valence-electron chi connectivity index (χ1n) is 14.4. The monoisotopic (exact) mass is 586 g/mol. The summed E-state index contributed by atoms with van der Waals surface area (Å²) in [5, 5.41) is 44.7. The van der Waals surface area contributed by atoms with Gasteiger partial charge in [-0.15, -0.1) is 0 Å². The molecule has 4 aliphatic carbocycles. The zero-order valence-electron chi connectivity index (χ0n) is 25.3. The van der Waals surface area contributed by atoms with Crippen molar-refractivity contribution in [3.05, 3.63) is 47.1 Å². The van der Waals surface area contributed by atoms with Crippen molar-refractivity contribution < 1.29 is 49.0 Å². The quantitative estimate of drug-likeness (QED) is 0.217. The van der Waals surface area contributed by atoms with Crippen molar-refractivity contribution >= 4 is 17.5 Å². The van der Waals surface area contributed by atoms with Crippen LogP contribution in [0.15, 0.2) is 47.1 Å². The van der Waals surface area contributed by atoms with Gasteiger partial charge in [0.1, 0.15) is 6.10 Å². The van der Waals surface area contributed by atoms with E-state index in [9.17, 15) is 34.8 Å². The predicted molar refractivity (Wildman–Crippen MR) is 149 cm³/mol. The highest BCUT2D eigenvalue weighted by molar-refractivity contribution is 6.00. The molecule has 12 atom stereocenters. The van der Waals surface area contributed by atoms with Crippen LogP contribution >= 0.6 is 0 Å². The minimum atomic E-state index is -1.61. The lowest BCUT2D eigenvalue weighted by Crippen LogP contribution is -2.76. The summed E-state index contributed by atoms with van der Waals surface area (Å²) in [6.45, 7) is 12.5. The average molecular weight is 587 g/mol. The molecule has 0 aromatic rings. The topological polar surface area (TPSA) is 160 Å². The van der Waals surface area contributed by atoms with E-state index in [1.54, 1.807) is 40.7 Å². The van der Waals surface area contributed by atoms with Crippen LogP contribution in [-0.2, 0) is 28.6 Å². The van der Waals surface area contributed by atoms with Gasteiger partial charge < -0.3 is 34.6 Å². The van der Waals surface area contributed by atoms with Gasteiger partial charge >= 0.3 is 5.97 Å². The van der Waals surface area contributed by atoms with Crippen LogP contribution in [0.2, 0.25) is 0 Å². The molecule has 5 rings (SSSR count). The number of ketones is 2. The molecule has 42 heavy (non-hydrogen) atoms. The first-order valence-corrected chi connectivity index (χ1v) is 14.4. The highest BCUT2D eigenvalue weighted by Crippen LogP contribution is 2.72. The standard InChI is InChI=1S/C32H42O10/c1-14(2)11-19(35)41-27-23(40-8)25-29(3,4)10-9-18(34)32(25,7)24-22(37)26(38)30(5)17(31(24,27)6)13-16(33)21(30)15-12-20(36)42-28(15)39/h9-13,20-28,36-39H,1-8H3/t20-,21+,22-,23+,24-,25-,26-,27+,28-,30+,31-,32+/m0/s1. The maximum atomic E-state index is 14.0. The number of hydrogen-bond acceptors (Lipinski definition) is 10. The summed E-state index contributed by atoms with van der Waals surface area (Å²) in [7, 11) is 1.48. The zero-order valence-corrected chi connectivity index (χ0v) is 25.3. The number of methoxy groups -OCH3 is 1. The molecule has 2 fully saturated rings. The van der Waals surface area contributed by atoms with E-state index < -0.39 is 88.2 Å². The summed E-state index contributed by atoms with van der Waals surface area (Å²) in [6, 6.07) is 0. The molecule has 0 bridgehead atoms. The van der Waals surface area contributed by atoms with E-state index in [1.165, 1.54) is 31.4 Å². The van der Waals surface area contributed by atoms with Crippen molar-refractivity contribution in [3.63, 3.8) is 0 Å². The SMILES string of the molecule is CO[C@H]1[C@@H](OC(=O)C=C(C)C)[C@@]2(C)C3=CC(=O)[C@@H](C4=C[C@@H](O)O[C@@H]4O)[C@]3(C)[C@@H](O)[C@@H](O)[C@@H]2[C@@]2(C)C(=O)C=CC(C)(C)[C@H]12. The lowest BCUT2D eigenvalue weighted by molar-refractivity contribution is -0.270. The third kappa shape index (κ3) is 3.89. The van der Waals surface area contributed by atoms with Crippen molar-refractivity contribution in [3.8, 4) is 0 Å². The smallest absolute Gasteiger partial charge is 0.331 e. The number of hydrogen-bond donors (Lipinski definition) is 4. The predicted octanol–water partition coefficient (Wildman–Crippen LogP) is 1.76. The number of aliphatic hydroxyl groups excluding tert-OH is 4. The molecule has 0 amide bonds. The Morgan fingerprint density at radius 2 is 1.62 bits per heavy atom. The van der Waals surface area contributed by atoms with Crippen LogP contribution in [-0.4, -0.2) is 82.1 Å². The molecule has 0 radical (unpaired) electrons. The number of esters is 1. The highest BCUT2D eigenvalue weighted by Gasteiger charge is 2.78. The molecule has 10 nitrogen and oxygen atoms in total. The van der Waals surface area contributed by atoms with E-state index in [1.807, 2.05) is 13.8 Å². The van der Waals surface area contributed by atoms with Gasteiger partial charge in [0.2, 0.25) is 0 Å². The van der Waals surface area contributed by atoms with Crippen LogP contribution in [0.4, 0.5) is 0 Å². The van der Waals surface area contributed by atoms with E-state index in [4.69, 9.17) is 14.2 Å². The van der Waals surface area contributed by atoms with Crippen molar-refractivity contribution in [1.29, 1.82) is 0 Å². The van der Waals surface area contributed by atoms with Gasteiger partial charge in [-0.3, -0.25) is 9.59 Å². The fourth-order valence-electron chi connectivity index (χ4n) is 9.48. The Morgan fingerprint density at radius 3 is 2.17 bits per heavy atom. The van der Waals surface area contributed by atoms with Gasteiger partial charge in [0.05, 0.1) is 24.2 Å². The largest absolute Gasteiger partial charge is 0.455 e. The van der Waals surface area contributed by atoms with Gasteiger partial charge in [-0.05, 0) is 48.6 Å². The Bertz CT molecular complexity index is 1340. The fourth-order valence-corrected chi connectivity index (χ4v) is 9.48. The molecule has 2 saturated carbocycles. The number of carbonyl (C=O) groups excluding carboxylic acids is 3. The van der Waals surface area contributed by atoms with Gasteiger partial charge in [0.25, 0.3) is 0 Å². The molecule has 0 spiro atoms. The third-order valence-corrected chi connectivity index (χ3v) is 10.9. The molecule has 1 aliphatic heterocycles. The molecule has 4 N–H and O–H groups in total. The summed E-state index contributed by atoms with van der Waals surface area (Å²) in [5.41, 5.74) is -3.72. The average Bonchev–Trinajstić information content (AvgIpc) is 3.35. The Kier molecular flexibility index (Phi) is 7.20. The highest BCUT2D eigenvalue weighted by atomic mass is 16.7. The fraction of sp³-hybridized carbons (Fsp3) is 0.656. The number of aliphatic hydroxyl groups is 4. The number of carbonyl (C=O) groups is 3. The Balaban J connectivity index is 1.80. The first kappa shape index (κ1) is 31.0. The zero-order chi connectivity index (χ0) is 31.3. The van der Waals surface area contributed by atoms with Crippen molar-refractivity contribution in [1.82, 2.24) is 0 Å². The Morgan fingerprint density at radius 1 is 0.976 bits per heavy atom. The molecular formula is C32H42O10. The van der Waals surface area contributed by atoms with Gasteiger partial charge in [0, 0.05) is 41.3 Å². The van der Waals surface area contributed by atoms with Crippen molar-refractivity contribution in [2.75, 3.05) is 7.11 Å². The molecule has 0 aromatic carbocycles. The second-order valence-corrected chi connectivity index (χ2v) is 14.0. The van der Waals surface area contributed by atoms with Crippen LogP contribution in [0.3, 0.4) is 0 Å². The second kappa shape index (κ2) is 9.77. The lowest BCUT2D eigenvalue weighted by Gasteiger charge is -2.69. The van der Waals surface area contributed by atoms with E-state index >= 15 is 0 Å². The summed E-state index contributed by atoms with van der Waals surface area (Å²) in [4.78, 5) is 41.1. The summed E-state index contributed by atoms with van der Waals surface area (Å²) >= 11 is 0. The normalized spacial score (nSPS) is 47.2. The number of allylic oxidation sites excluding steroid dienone is 4. The Hall–Kier alpha value is -2.47. The van der Waals surface area contributed by atoms with E-state index in [2.05, 4.69) is 0 Å². The Labute approximate surface area is 245 Å². The number of fused-ring (bicyclic) bond motifs is 5. The van der Waals surface area contributed by atoms with Gasteiger partial charge in [0.15, 0.2) is 24.1 Å². The third-order valence-electron chi connectivity index (χ3n) is 10.9. The molecule has 10 heteroatoms. The number of ether oxygens (including phenoxy) is 3. The molecule has 230 valence electrons. The van der Waals surface area contributed by atoms with E-state index in [-0.39, 0.29) is 11.4 Å². The molecule has 1 heterocycles. The van der Waals surface area contributed by atoms with Crippen molar-refractivity contribution in [2.24, 2.45) is 39.4 Å². The molecular weight excluding hydrogens is 544 g/mol. The van der Waals surface area contributed by atoms with E-state index in [0.717, 1.165) is 0 Å². The molecule has 0 aromatic heterocycles. The maximum absolute atomic E-state index is 14.0. The molecule has 0 saturated heterocycles. The van der Waals surface area contributed by atoms with Gasteiger partial charge in [-0.1, -0.05) is 46.3 Å². The second-order valence-electron chi connectivity index (χ2n) is 14.0. The molecule has 0 unspecified atom stereocenters. The van der Waals surface area contributed by atoms with Crippen LogP contribution in [0, 0.1) is 39.4 Å². The summed E-state index contributed by atoms with van der Waals surface area (Å²) in [6.07, 6.45) is -0.883. The number of rotatable bonds is 4. The van der Waals surface area contributed by atoms with Crippen LogP contribution < -0.4 is 0 Å². The molecule has 5 aliphatic rings. The minimum absolute atomic E-state index is 0.0636. The van der Waals surface area contributed by atoms with Crippen LogP contribution in [0.5, 0.6) is 0 Å². The van der Waals surface area contributed by atoms with Gasteiger partial charge in [-0.25, -0.2) is 4.79 Å². The lowest BCUT2D eigenvalue weighted by atomic mass is 9.36. The first-order chi connectivity index (χ1) is 19.4. The minimum Gasteiger partial charge on any atom is -0.455 e. The summed E-state index contributed by atoms with van der Waals surface area (Å²) < 4.78 is 17.4. The maximum Gasteiger partial charge on any atom is 0.331 e. The van der Waals surface area contributed by atoms with Crippen molar-refractivity contribution in [2.45, 2.75) is 85.5 Å². The van der Waals surface area contributed by atoms with Crippen LogP contribution in [0.1, 0.15) is 48.5 Å². The van der Waals surface area contributed by atoms with E-state index in [0.29, 0.717) is 11.1 Å².